The van der Waals surface area contributed by atoms with Crippen LogP contribution in [0.5, 0.6) is 0 Å². The van der Waals surface area contributed by atoms with Crippen LogP contribution >= 0.6 is 23.8 Å². The number of hydrogen-bond donors (Lipinski definition) is 2. The van der Waals surface area contributed by atoms with E-state index in [9.17, 15) is 0 Å². The summed E-state index contributed by atoms with van der Waals surface area (Å²) in [6, 6.07) is 18.2. The highest BCUT2D eigenvalue weighted by atomic mass is 35.5. The number of rotatable bonds is 5. The zero-order chi connectivity index (χ0) is 19.2. The zero-order valence-corrected chi connectivity index (χ0v) is 16.8. The van der Waals surface area contributed by atoms with Gasteiger partial charge in [-0.05, 0) is 61.5 Å². The lowest BCUT2D eigenvalue weighted by atomic mass is 10.1. The first kappa shape index (κ1) is 19.1. The summed E-state index contributed by atoms with van der Waals surface area (Å²) in [4.78, 5) is 0. The van der Waals surface area contributed by atoms with E-state index in [1.807, 2.05) is 43.5 Å². The second-order valence-electron chi connectivity index (χ2n) is 6.28. The number of aryl methyl sites for hydroxylation is 1. The van der Waals surface area contributed by atoms with Crippen LogP contribution in [0.15, 0.2) is 65.9 Å². The van der Waals surface area contributed by atoms with Gasteiger partial charge >= 0.3 is 0 Å². The van der Waals surface area contributed by atoms with Gasteiger partial charge in [0.1, 0.15) is 0 Å². The van der Waals surface area contributed by atoms with Crippen LogP contribution in [0.25, 0.3) is 0 Å². The SMILES string of the molecule is Cc1ccc(Cn2cccc2C=NNC(=S)Nc2cccc(Cl)c2C)cc1. The van der Waals surface area contributed by atoms with Crippen LogP contribution in [0, 0.1) is 13.8 Å². The van der Waals surface area contributed by atoms with E-state index < -0.39 is 0 Å². The summed E-state index contributed by atoms with van der Waals surface area (Å²) < 4.78 is 2.13. The van der Waals surface area contributed by atoms with Gasteiger partial charge in [0.15, 0.2) is 5.11 Å². The van der Waals surface area contributed by atoms with Crippen LogP contribution < -0.4 is 10.7 Å². The predicted octanol–water partition coefficient (Wildman–Crippen LogP) is 5.13. The van der Waals surface area contributed by atoms with Crippen molar-refractivity contribution in [3.63, 3.8) is 0 Å². The van der Waals surface area contributed by atoms with Crippen molar-refractivity contribution in [1.29, 1.82) is 0 Å². The van der Waals surface area contributed by atoms with Crippen LogP contribution in [0.3, 0.4) is 0 Å². The maximum Gasteiger partial charge on any atom is 0.191 e. The third-order valence-electron chi connectivity index (χ3n) is 4.22. The Morgan fingerprint density at radius 3 is 2.67 bits per heavy atom. The van der Waals surface area contributed by atoms with Crippen LogP contribution in [0.2, 0.25) is 5.02 Å². The van der Waals surface area contributed by atoms with E-state index in [0.717, 1.165) is 23.5 Å². The van der Waals surface area contributed by atoms with E-state index in [-0.39, 0.29) is 0 Å². The summed E-state index contributed by atoms with van der Waals surface area (Å²) in [5.74, 6) is 0. The van der Waals surface area contributed by atoms with Gasteiger partial charge < -0.3 is 9.88 Å². The number of anilines is 1. The van der Waals surface area contributed by atoms with Crippen molar-refractivity contribution < 1.29 is 0 Å². The van der Waals surface area contributed by atoms with Crippen molar-refractivity contribution in [1.82, 2.24) is 9.99 Å². The Kier molecular flexibility index (Phi) is 6.27. The fourth-order valence-corrected chi connectivity index (χ4v) is 2.97. The molecule has 0 bridgehead atoms. The van der Waals surface area contributed by atoms with Gasteiger partial charge in [-0.2, -0.15) is 5.10 Å². The standard InChI is InChI=1S/C21H21ClN4S/c1-15-8-10-17(11-9-15)14-26-12-4-5-18(26)13-23-25-21(27)24-20-7-3-6-19(22)16(20)2/h3-13H,14H2,1-2H3,(H2,24,25,27). The smallest absolute Gasteiger partial charge is 0.191 e. The van der Waals surface area contributed by atoms with Crippen molar-refractivity contribution in [2.75, 3.05) is 5.32 Å². The third kappa shape index (κ3) is 5.18. The Morgan fingerprint density at radius 2 is 1.89 bits per heavy atom. The molecule has 0 saturated carbocycles. The minimum absolute atomic E-state index is 0.410. The number of nitrogens with one attached hydrogen (secondary N) is 2. The summed E-state index contributed by atoms with van der Waals surface area (Å²) in [5.41, 5.74) is 8.14. The third-order valence-corrected chi connectivity index (χ3v) is 4.82. The largest absolute Gasteiger partial charge is 0.342 e. The highest BCUT2D eigenvalue weighted by molar-refractivity contribution is 7.80. The molecule has 1 heterocycles. The Morgan fingerprint density at radius 1 is 1.11 bits per heavy atom. The molecule has 0 aliphatic heterocycles. The highest BCUT2D eigenvalue weighted by Gasteiger charge is 2.04. The van der Waals surface area contributed by atoms with Gasteiger partial charge in [-0.25, -0.2) is 0 Å². The number of benzene rings is 2. The molecule has 2 N–H and O–H groups in total. The van der Waals surface area contributed by atoms with E-state index in [1.54, 1.807) is 6.21 Å². The molecule has 0 unspecified atom stereocenters. The van der Waals surface area contributed by atoms with Crippen molar-refractivity contribution in [2.45, 2.75) is 20.4 Å². The van der Waals surface area contributed by atoms with Crippen LogP contribution in [0.1, 0.15) is 22.4 Å². The number of hydrazone groups is 1. The van der Waals surface area contributed by atoms with Gasteiger partial charge in [-0.3, -0.25) is 5.43 Å². The van der Waals surface area contributed by atoms with Crippen LogP contribution in [0.4, 0.5) is 5.69 Å². The average Bonchev–Trinajstić information content (AvgIpc) is 3.08. The van der Waals surface area contributed by atoms with Crippen molar-refractivity contribution >= 4 is 40.8 Å². The number of nitrogens with zero attached hydrogens (tertiary/aromatic N) is 2. The van der Waals surface area contributed by atoms with Gasteiger partial charge in [-0.15, -0.1) is 0 Å². The molecule has 1 aromatic heterocycles. The molecular formula is C21H21ClN4S. The second-order valence-corrected chi connectivity index (χ2v) is 7.10. The lowest BCUT2D eigenvalue weighted by Gasteiger charge is -2.11. The minimum atomic E-state index is 0.410. The second kappa shape index (κ2) is 8.84. The summed E-state index contributed by atoms with van der Waals surface area (Å²) in [5, 5.41) is 8.46. The van der Waals surface area contributed by atoms with Gasteiger partial charge in [0.25, 0.3) is 0 Å². The lowest BCUT2D eigenvalue weighted by molar-refractivity contribution is 0.798. The van der Waals surface area contributed by atoms with E-state index in [2.05, 4.69) is 51.6 Å². The minimum Gasteiger partial charge on any atom is -0.342 e. The number of thiocarbonyl (C=S) groups is 1. The molecule has 4 nitrogen and oxygen atoms in total. The number of halogens is 1. The first-order chi connectivity index (χ1) is 13.0. The van der Waals surface area contributed by atoms with Crippen molar-refractivity contribution in [3.8, 4) is 0 Å². The van der Waals surface area contributed by atoms with Crippen LogP contribution in [-0.2, 0) is 6.54 Å². The van der Waals surface area contributed by atoms with Gasteiger partial charge in [-0.1, -0.05) is 47.5 Å². The summed E-state index contributed by atoms with van der Waals surface area (Å²) in [6.45, 7) is 4.82. The zero-order valence-electron chi connectivity index (χ0n) is 15.2. The normalized spacial score (nSPS) is 10.9. The molecule has 0 fully saturated rings. The number of aromatic nitrogens is 1. The van der Waals surface area contributed by atoms with E-state index >= 15 is 0 Å². The molecule has 0 amide bonds. The predicted molar refractivity (Wildman–Crippen MR) is 118 cm³/mol. The first-order valence-corrected chi connectivity index (χ1v) is 9.37. The molecule has 0 spiro atoms. The average molecular weight is 397 g/mol. The summed E-state index contributed by atoms with van der Waals surface area (Å²) >= 11 is 11.4. The molecule has 0 saturated heterocycles. The molecule has 3 aromatic rings. The van der Waals surface area contributed by atoms with Crippen LogP contribution in [-0.4, -0.2) is 15.9 Å². The Bertz CT molecular complexity index is 961. The van der Waals surface area contributed by atoms with E-state index in [0.29, 0.717) is 10.1 Å². The topological polar surface area (TPSA) is 41.4 Å². The molecule has 0 radical (unpaired) electrons. The Balaban J connectivity index is 1.60. The van der Waals surface area contributed by atoms with E-state index in [4.69, 9.17) is 23.8 Å². The fourth-order valence-electron chi connectivity index (χ4n) is 2.63. The molecule has 0 atom stereocenters. The van der Waals surface area contributed by atoms with Gasteiger partial charge in [0.2, 0.25) is 0 Å². The summed E-state index contributed by atoms with van der Waals surface area (Å²) in [6.07, 6.45) is 3.79. The Labute approximate surface area is 169 Å². The Hall–Kier alpha value is -2.63. The summed E-state index contributed by atoms with van der Waals surface area (Å²) in [7, 11) is 0. The molecular weight excluding hydrogens is 376 g/mol. The molecule has 2 aromatic carbocycles. The molecule has 138 valence electrons. The fraction of sp³-hybridized carbons (Fsp3) is 0.143. The highest BCUT2D eigenvalue weighted by Crippen LogP contribution is 2.22. The molecule has 6 heteroatoms. The number of hydrogen-bond acceptors (Lipinski definition) is 2. The van der Waals surface area contributed by atoms with Crippen molar-refractivity contribution in [2.24, 2.45) is 5.10 Å². The molecule has 27 heavy (non-hydrogen) atoms. The maximum absolute atomic E-state index is 6.13. The first-order valence-electron chi connectivity index (χ1n) is 8.59. The lowest BCUT2D eigenvalue weighted by Crippen LogP contribution is -2.24. The molecule has 3 rings (SSSR count). The molecule has 0 aliphatic rings. The van der Waals surface area contributed by atoms with Gasteiger partial charge in [0, 0.05) is 23.5 Å². The molecule has 0 aliphatic carbocycles. The van der Waals surface area contributed by atoms with Crippen molar-refractivity contribution in [3.05, 3.63) is 88.2 Å². The quantitative estimate of drug-likeness (QED) is 0.357. The van der Waals surface area contributed by atoms with E-state index in [1.165, 1.54) is 11.1 Å². The maximum atomic E-state index is 6.13. The monoisotopic (exact) mass is 396 g/mol. The van der Waals surface area contributed by atoms with Gasteiger partial charge in [0.05, 0.1) is 11.9 Å².